The number of hydrogen-bond donors (Lipinski definition) is 1. The van der Waals surface area contributed by atoms with E-state index >= 15 is 0 Å². The number of imidazole rings is 1. The van der Waals surface area contributed by atoms with Gasteiger partial charge in [-0.25, -0.2) is 4.98 Å². The third kappa shape index (κ3) is 2.98. The molecule has 0 bridgehead atoms. The van der Waals surface area contributed by atoms with Gasteiger partial charge in [-0.05, 0) is 44.0 Å². The van der Waals surface area contributed by atoms with Crippen LogP contribution in [0.2, 0.25) is 0 Å². The second-order valence-electron chi connectivity index (χ2n) is 4.47. The summed E-state index contributed by atoms with van der Waals surface area (Å²) < 4.78 is 1.99. The lowest BCUT2D eigenvalue weighted by Gasteiger charge is -2.11. The minimum Gasteiger partial charge on any atom is -0.481 e. The van der Waals surface area contributed by atoms with E-state index in [9.17, 15) is 4.79 Å². The molecule has 0 radical (unpaired) electrons. The number of aliphatic carboxylic acids is 1. The van der Waals surface area contributed by atoms with E-state index in [-0.39, 0.29) is 5.75 Å². The van der Waals surface area contributed by atoms with Crippen LogP contribution in [0.1, 0.15) is 16.8 Å². The fourth-order valence-electron chi connectivity index (χ4n) is 1.82. The van der Waals surface area contributed by atoms with E-state index in [1.807, 2.05) is 17.6 Å². The van der Waals surface area contributed by atoms with Crippen LogP contribution in [0.4, 0.5) is 0 Å². The number of carboxylic acids is 1. The second-order valence-corrected chi connectivity index (χ2v) is 5.41. The molecular weight excluding hydrogens is 260 g/mol. The Hall–Kier alpha value is -1.75. The lowest BCUT2D eigenvalue weighted by Crippen LogP contribution is -2.03. The third-order valence-electron chi connectivity index (χ3n) is 2.98. The first-order chi connectivity index (χ1) is 8.99. The van der Waals surface area contributed by atoms with Crippen LogP contribution in [0.15, 0.2) is 29.6 Å². The van der Waals surface area contributed by atoms with Crippen molar-refractivity contribution in [3.63, 3.8) is 0 Å². The number of aromatic nitrogens is 2. The summed E-state index contributed by atoms with van der Waals surface area (Å²) in [4.78, 5) is 14.9. The van der Waals surface area contributed by atoms with Gasteiger partial charge in [-0.15, -0.1) is 0 Å². The van der Waals surface area contributed by atoms with Crippen molar-refractivity contribution in [2.75, 3.05) is 5.75 Å². The molecule has 1 N–H and O–H groups in total. The first kappa shape index (κ1) is 13.7. The highest BCUT2D eigenvalue weighted by Crippen LogP contribution is 2.24. The number of benzene rings is 1. The number of nitrogens with zero attached hydrogens (tertiary/aromatic N) is 2. The third-order valence-corrected chi connectivity index (χ3v) is 3.92. The normalized spacial score (nSPS) is 10.7. The SMILES string of the molecule is Cc1ccc(-n2c(C)cnc2SCC(=O)O)cc1C. The average Bonchev–Trinajstić information content (AvgIpc) is 2.71. The predicted molar refractivity (Wildman–Crippen MR) is 76.1 cm³/mol. The summed E-state index contributed by atoms with van der Waals surface area (Å²) >= 11 is 1.23. The molecule has 0 aliphatic carbocycles. The smallest absolute Gasteiger partial charge is 0.313 e. The van der Waals surface area contributed by atoms with Crippen molar-refractivity contribution in [2.24, 2.45) is 0 Å². The summed E-state index contributed by atoms with van der Waals surface area (Å²) in [5, 5.41) is 9.48. The summed E-state index contributed by atoms with van der Waals surface area (Å²) in [6.07, 6.45) is 1.76. The highest BCUT2D eigenvalue weighted by molar-refractivity contribution is 7.99. The molecule has 1 heterocycles. The van der Waals surface area contributed by atoms with Crippen LogP contribution in [-0.4, -0.2) is 26.4 Å². The van der Waals surface area contributed by atoms with Crippen molar-refractivity contribution in [3.05, 3.63) is 41.2 Å². The molecule has 0 aliphatic heterocycles. The molecule has 100 valence electrons. The zero-order valence-electron chi connectivity index (χ0n) is 11.2. The summed E-state index contributed by atoms with van der Waals surface area (Å²) in [5.41, 5.74) is 4.46. The molecule has 0 aliphatic rings. The van der Waals surface area contributed by atoms with Crippen LogP contribution >= 0.6 is 11.8 Å². The zero-order valence-corrected chi connectivity index (χ0v) is 12.0. The summed E-state index contributed by atoms with van der Waals surface area (Å²) in [5.74, 6) is -0.821. The van der Waals surface area contributed by atoms with Gasteiger partial charge in [-0.1, -0.05) is 17.8 Å². The predicted octanol–water partition coefficient (Wildman–Crippen LogP) is 2.97. The minimum atomic E-state index is -0.836. The Balaban J connectivity index is 2.40. The van der Waals surface area contributed by atoms with E-state index in [1.165, 1.54) is 22.9 Å². The van der Waals surface area contributed by atoms with E-state index < -0.39 is 5.97 Å². The molecule has 4 nitrogen and oxygen atoms in total. The summed E-state index contributed by atoms with van der Waals surface area (Å²) in [6.45, 7) is 6.10. The monoisotopic (exact) mass is 276 g/mol. The number of aryl methyl sites for hydroxylation is 3. The van der Waals surface area contributed by atoms with E-state index in [2.05, 4.69) is 31.0 Å². The van der Waals surface area contributed by atoms with Crippen LogP contribution in [0.5, 0.6) is 0 Å². The number of carbonyl (C=O) groups is 1. The Kier molecular flexibility index (Phi) is 3.95. The Morgan fingerprint density at radius 2 is 2.05 bits per heavy atom. The van der Waals surface area contributed by atoms with Crippen LogP contribution in [-0.2, 0) is 4.79 Å². The standard InChI is InChI=1S/C14H16N2O2S/c1-9-4-5-12(6-10(9)2)16-11(3)7-15-14(16)19-8-13(17)18/h4-7H,8H2,1-3H3,(H,17,18). The summed E-state index contributed by atoms with van der Waals surface area (Å²) in [7, 11) is 0. The highest BCUT2D eigenvalue weighted by Gasteiger charge is 2.11. The quantitative estimate of drug-likeness (QED) is 0.872. The summed E-state index contributed by atoms with van der Waals surface area (Å²) in [6, 6.07) is 6.19. The van der Waals surface area contributed by atoms with Gasteiger partial charge < -0.3 is 5.11 Å². The zero-order chi connectivity index (χ0) is 14.0. The van der Waals surface area contributed by atoms with E-state index in [0.29, 0.717) is 5.16 Å². The van der Waals surface area contributed by atoms with Crippen molar-refractivity contribution >= 4 is 17.7 Å². The van der Waals surface area contributed by atoms with Gasteiger partial charge in [0.25, 0.3) is 0 Å². The Labute approximate surface area is 116 Å². The first-order valence-electron chi connectivity index (χ1n) is 5.95. The molecule has 5 heteroatoms. The molecule has 0 unspecified atom stereocenters. The maximum absolute atomic E-state index is 10.7. The van der Waals surface area contributed by atoms with Crippen molar-refractivity contribution in [3.8, 4) is 5.69 Å². The number of rotatable bonds is 4. The average molecular weight is 276 g/mol. The van der Waals surface area contributed by atoms with Gasteiger partial charge in [0.1, 0.15) is 0 Å². The van der Waals surface area contributed by atoms with Gasteiger partial charge in [-0.3, -0.25) is 9.36 Å². The fourth-order valence-corrected chi connectivity index (χ4v) is 2.58. The molecule has 0 saturated carbocycles. The molecule has 2 rings (SSSR count). The van der Waals surface area contributed by atoms with E-state index in [1.54, 1.807) is 6.20 Å². The Morgan fingerprint density at radius 1 is 1.32 bits per heavy atom. The fraction of sp³-hybridized carbons (Fsp3) is 0.286. The topological polar surface area (TPSA) is 55.1 Å². The Bertz CT molecular complexity index is 620. The van der Waals surface area contributed by atoms with Crippen molar-refractivity contribution in [1.29, 1.82) is 0 Å². The van der Waals surface area contributed by atoms with Crippen LogP contribution in [0.25, 0.3) is 5.69 Å². The molecule has 2 aromatic rings. The molecule has 1 aromatic heterocycles. The van der Waals surface area contributed by atoms with Crippen LogP contribution in [0, 0.1) is 20.8 Å². The molecule has 0 saturated heterocycles. The molecular formula is C14H16N2O2S. The highest BCUT2D eigenvalue weighted by atomic mass is 32.2. The van der Waals surface area contributed by atoms with E-state index in [0.717, 1.165) is 11.4 Å². The molecule has 19 heavy (non-hydrogen) atoms. The van der Waals surface area contributed by atoms with Gasteiger partial charge >= 0.3 is 5.97 Å². The second kappa shape index (κ2) is 5.48. The Morgan fingerprint density at radius 3 is 2.68 bits per heavy atom. The molecule has 0 fully saturated rings. The maximum atomic E-state index is 10.7. The van der Waals surface area contributed by atoms with Gasteiger partial charge in [-0.2, -0.15) is 0 Å². The number of hydrogen-bond acceptors (Lipinski definition) is 3. The lowest BCUT2D eigenvalue weighted by atomic mass is 10.1. The van der Waals surface area contributed by atoms with Crippen LogP contribution < -0.4 is 0 Å². The lowest BCUT2D eigenvalue weighted by molar-refractivity contribution is -0.133. The molecule has 0 spiro atoms. The minimum absolute atomic E-state index is 0.0152. The number of carboxylic acid groups (broad SMARTS) is 1. The maximum Gasteiger partial charge on any atom is 0.313 e. The first-order valence-corrected chi connectivity index (χ1v) is 6.94. The molecule has 0 atom stereocenters. The van der Waals surface area contributed by atoms with Crippen LogP contribution in [0.3, 0.4) is 0 Å². The van der Waals surface area contributed by atoms with Crippen molar-refractivity contribution in [1.82, 2.24) is 9.55 Å². The van der Waals surface area contributed by atoms with Gasteiger partial charge in [0.05, 0.1) is 5.75 Å². The van der Waals surface area contributed by atoms with Gasteiger partial charge in [0.15, 0.2) is 5.16 Å². The van der Waals surface area contributed by atoms with Gasteiger partial charge in [0, 0.05) is 17.6 Å². The molecule has 0 amide bonds. The van der Waals surface area contributed by atoms with Gasteiger partial charge in [0.2, 0.25) is 0 Å². The number of thioether (sulfide) groups is 1. The molecule has 1 aromatic carbocycles. The van der Waals surface area contributed by atoms with Crippen molar-refractivity contribution < 1.29 is 9.90 Å². The van der Waals surface area contributed by atoms with Crippen molar-refractivity contribution in [2.45, 2.75) is 25.9 Å². The van der Waals surface area contributed by atoms with E-state index in [4.69, 9.17) is 5.11 Å². The largest absolute Gasteiger partial charge is 0.481 e.